The van der Waals surface area contributed by atoms with Crippen LogP contribution < -0.4 is 0 Å². The highest BCUT2D eigenvalue weighted by Gasteiger charge is 2.63. The molecule has 0 heterocycles. The molecule has 0 aliphatic heterocycles. The fraction of sp³-hybridized carbons (Fsp3) is 1.00. The van der Waals surface area contributed by atoms with Crippen LogP contribution in [0.3, 0.4) is 0 Å². The first-order valence-corrected chi connectivity index (χ1v) is 5.82. The second kappa shape index (κ2) is 2.31. The predicted octanol–water partition coefficient (Wildman–Crippen LogP) is 2.44. The van der Waals surface area contributed by atoms with Gasteiger partial charge in [-0.2, -0.15) is 0 Å². The molecular weight excluding hydrogens is 160 g/mol. The molecule has 3 rings (SSSR count). The third-order valence-corrected chi connectivity index (χ3v) is 5.55. The molecule has 6 unspecified atom stereocenters. The van der Waals surface area contributed by atoms with Crippen LogP contribution in [0.25, 0.3) is 0 Å². The van der Waals surface area contributed by atoms with Crippen LogP contribution in [0, 0.1) is 29.1 Å². The minimum absolute atomic E-state index is 0.0428. The minimum atomic E-state index is 0.0428. The van der Waals surface area contributed by atoms with Gasteiger partial charge in [0.05, 0.1) is 6.10 Å². The summed E-state index contributed by atoms with van der Waals surface area (Å²) in [6.45, 7) is 4.76. The Morgan fingerprint density at radius 3 is 2.54 bits per heavy atom. The lowest BCUT2D eigenvalue weighted by molar-refractivity contribution is -0.0180. The van der Waals surface area contributed by atoms with Crippen LogP contribution in [0.2, 0.25) is 0 Å². The van der Waals surface area contributed by atoms with Gasteiger partial charge in [-0.15, -0.1) is 0 Å². The molecule has 13 heavy (non-hydrogen) atoms. The van der Waals surface area contributed by atoms with Crippen molar-refractivity contribution in [2.75, 3.05) is 0 Å². The van der Waals surface area contributed by atoms with Gasteiger partial charge in [0, 0.05) is 0 Å². The molecule has 3 fully saturated rings. The third-order valence-electron chi connectivity index (χ3n) is 5.55. The molecule has 0 spiro atoms. The van der Waals surface area contributed by atoms with Crippen molar-refractivity contribution in [1.82, 2.24) is 0 Å². The van der Waals surface area contributed by atoms with Crippen molar-refractivity contribution >= 4 is 0 Å². The fourth-order valence-corrected chi connectivity index (χ4v) is 4.62. The largest absolute Gasteiger partial charge is 0.393 e. The van der Waals surface area contributed by atoms with Crippen LogP contribution in [0.15, 0.2) is 0 Å². The van der Waals surface area contributed by atoms with E-state index in [1.807, 2.05) is 0 Å². The number of rotatable bonds is 0. The second-order valence-corrected chi connectivity index (χ2v) is 5.88. The Hall–Kier alpha value is -0.0400. The normalized spacial score (nSPS) is 64.4. The van der Waals surface area contributed by atoms with Crippen molar-refractivity contribution in [2.45, 2.75) is 45.6 Å². The summed E-state index contributed by atoms with van der Waals surface area (Å²) >= 11 is 0. The first-order chi connectivity index (χ1) is 6.14. The minimum Gasteiger partial charge on any atom is -0.393 e. The van der Waals surface area contributed by atoms with E-state index in [9.17, 15) is 5.11 Å². The lowest BCUT2D eigenvalue weighted by Crippen LogP contribution is -2.40. The van der Waals surface area contributed by atoms with Crippen LogP contribution in [-0.2, 0) is 0 Å². The van der Waals surface area contributed by atoms with Gasteiger partial charge in [-0.05, 0) is 48.3 Å². The van der Waals surface area contributed by atoms with Gasteiger partial charge in [-0.25, -0.2) is 0 Å². The van der Waals surface area contributed by atoms with Crippen molar-refractivity contribution < 1.29 is 5.11 Å². The fourth-order valence-electron chi connectivity index (χ4n) is 4.62. The van der Waals surface area contributed by atoms with Crippen LogP contribution >= 0.6 is 0 Å². The van der Waals surface area contributed by atoms with E-state index in [2.05, 4.69) is 13.8 Å². The quantitative estimate of drug-likeness (QED) is 0.607. The highest BCUT2D eigenvalue weighted by molar-refractivity contribution is 5.12. The van der Waals surface area contributed by atoms with E-state index < -0.39 is 0 Å². The Balaban J connectivity index is 1.96. The summed E-state index contributed by atoms with van der Waals surface area (Å²) in [5, 5.41) is 10.2. The van der Waals surface area contributed by atoms with Crippen LogP contribution in [0.1, 0.15) is 39.5 Å². The number of aliphatic hydroxyl groups excluding tert-OH is 1. The first-order valence-electron chi connectivity index (χ1n) is 5.82. The molecular formula is C12H20O. The molecule has 0 amide bonds. The average Bonchev–Trinajstić information content (AvgIpc) is 2.48. The average molecular weight is 180 g/mol. The van der Waals surface area contributed by atoms with Gasteiger partial charge >= 0.3 is 0 Å². The Morgan fingerprint density at radius 2 is 1.92 bits per heavy atom. The number of hydrogen-bond acceptors (Lipinski definition) is 1. The molecule has 1 N–H and O–H groups in total. The van der Waals surface area contributed by atoms with Gasteiger partial charge in [0.25, 0.3) is 0 Å². The van der Waals surface area contributed by atoms with Gasteiger partial charge < -0.3 is 5.11 Å². The summed E-state index contributed by atoms with van der Waals surface area (Å²) in [5.74, 6) is 2.95. The molecule has 0 aromatic rings. The lowest BCUT2D eigenvalue weighted by atomic mass is 9.59. The standard InChI is InChI=1S/C12H20O/c1-7-3-4-8-10(7)11(13)9-5-6-12(8,9)2/h7-11,13H,3-6H2,1-2H3. The van der Waals surface area contributed by atoms with Crippen LogP contribution in [0.5, 0.6) is 0 Å². The lowest BCUT2D eigenvalue weighted by Gasteiger charge is -2.46. The molecule has 1 nitrogen and oxygen atoms in total. The number of fused-ring (bicyclic) bond motifs is 3. The summed E-state index contributed by atoms with van der Waals surface area (Å²) in [6, 6.07) is 0. The second-order valence-electron chi connectivity index (χ2n) is 5.88. The topological polar surface area (TPSA) is 20.2 Å². The van der Waals surface area contributed by atoms with E-state index >= 15 is 0 Å². The van der Waals surface area contributed by atoms with Gasteiger partial charge in [0.15, 0.2) is 0 Å². The summed E-state index contributed by atoms with van der Waals surface area (Å²) in [4.78, 5) is 0. The highest BCUT2D eigenvalue weighted by atomic mass is 16.3. The van der Waals surface area contributed by atoms with Gasteiger partial charge in [-0.3, -0.25) is 0 Å². The number of hydrogen-bond donors (Lipinski definition) is 1. The van der Waals surface area contributed by atoms with E-state index in [0.29, 0.717) is 17.3 Å². The van der Waals surface area contributed by atoms with Crippen molar-refractivity contribution in [2.24, 2.45) is 29.1 Å². The zero-order chi connectivity index (χ0) is 9.22. The Bertz CT molecular complexity index is 237. The number of aliphatic hydroxyl groups is 1. The van der Waals surface area contributed by atoms with Crippen molar-refractivity contribution in [1.29, 1.82) is 0 Å². The van der Waals surface area contributed by atoms with E-state index in [1.165, 1.54) is 25.7 Å². The molecule has 0 aromatic carbocycles. The Labute approximate surface area is 80.5 Å². The summed E-state index contributed by atoms with van der Waals surface area (Å²) in [5.41, 5.74) is 0.537. The Morgan fingerprint density at radius 1 is 1.15 bits per heavy atom. The molecule has 74 valence electrons. The molecule has 0 aromatic heterocycles. The maximum Gasteiger partial charge on any atom is 0.0607 e. The Kier molecular flexibility index (Phi) is 1.47. The van der Waals surface area contributed by atoms with E-state index in [-0.39, 0.29) is 6.10 Å². The monoisotopic (exact) mass is 180 g/mol. The van der Waals surface area contributed by atoms with Gasteiger partial charge in [-0.1, -0.05) is 20.3 Å². The van der Waals surface area contributed by atoms with Crippen LogP contribution in [-0.4, -0.2) is 11.2 Å². The predicted molar refractivity (Wildman–Crippen MR) is 52.2 cm³/mol. The molecule has 3 saturated carbocycles. The smallest absolute Gasteiger partial charge is 0.0607 e. The van der Waals surface area contributed by atoms with E-state index in [1.54, 1.807) is 0 Å². The van der Waals surface area contributed by atoms with Crippen LogP contribution in [0.4, 0.5) is 0 Å². The third kappa shape index (κ3) is 0.782. The highest BCUT2D eigenvalue weighted by Crippen LogP contribution is 2.67. The van der Waals surface area contributed by atoms with Gasteiger partial charge in [0.1, 0.15) is 0 Å². The summed E-state index contributed by atoms with van der Waals surface area (Å²) < 4.78 is 0. The first kappa shape index (κ1) is 8.28. The molecule has 0 radical (unpaired) electrons. The van der Waals surface area contributed by atoms with E-state index in [0.717, 1.165) is 11.8 Å². The van der Waals surface area contributed by atoms with Crippen molar-refractivity contribution in [3.8, 4) is 0 Å². The van der Waals surface area contributed by atoms with Crippen molar-refractivity contribution in [3.05, 3.63) is 0 Å². The molecule has 3 aliphatic rings. The zero-order valence-electron chi connectivity index (χ0n) is 8.66. The van der Waals surface area contributed by atoms with E-state index in [4.69, 9.17) is 0 Å². The zero-order valence-corrected chi connectivity index (χ0v) is 8.66. The summed E-state index contributed by atoms with van der Waals surface area (Å²) in [6.07, 6.45) is 5.45. The SMILES string of the molecule is CC1CCC2C1C(O)C1CCC12C. The van der Waals surface area contributed by atoms with Crippen molar-refractivity contribution in [3.63, 3.8) is 0 Å². The molecule has 0 bridgehead atoms. The van der Waals surface area contributed by atoms with Gasteiger partial charge in [0.2, 0.25) is 0 Å². The molecule has 3 aliphatic carbocycles. The summed E-state index contributed by atoms with van der Waals surface area (Å²) in [7, 11) is 0. The molecule has 0 saturated heterocycles. The maximum absolute atomic E-state index is 10.2. The maximum atomic E-state index is 10.2. The molecule has 1 heteroatoms. The molecule has 6 atom stereocenters.